The van der Waals surface area contributed by atoms with Crippen LogP contribution in [0.4, 0.5) is 5.69 Å². The van der Waals surface area contributed by atoms with Gasteiger partial charge >= 0.3 is 5.97 Å². The Balaban J connectivity index is 2.07. The van der Waals surface area contributed by atoms with Gasteiger partial charge in [-0.2, -0.15) is 5.10 Å². The van der Waals surface area contributed by atoms with E-state index in [4.69, 9.17) is 0 Å². The highest BCUT2D eigenvalue weighted by Gasteiger charge is 2.22. The van der Waals surface area contributed by atoms with Gasteiger partial charge in [0.25, 0.3) is 10.0 Å². The average molecular weight is 450 g/mol. The first kappa shape index (κ1) is 19.1. The third kappa shape index (κ3) is 3.88. The number of halogens is 1. The van der Waals surface area contributed by atoms with Gasteiger partial charge in [-0.1, -0.05) is 18.2 Å². The summed E-state index contributed by atoms with van der Waals surface area (Å²) in [6, 6.07) is 9.54. The highest BCUT2D eigenvalue weighted by molar-refractivity contribution is 9.10. The van der Waals surface area contributed by atoms with Crippen molar-refractivity contribution in [1.29, 1.82) is 0 Å². The molecule has 0 aliphatic rings. The number of aryl methyl sites for hydroxylation is 2. The monoisotopic (exact) mass is 449 g/mol. The smallest absolute Gasteiger partial charge is 0.335 e. The van der Waals surface area contributed by atoms with E-state index < -0.39 is 16.0 Å². The van der Waals surface area contributed by atoms with Gasteiger partial charge in [-0.25, -0.2) is 17.9 Å². The molecular formula is C18H16BrN3O4S. The number of anilines is 1. The van der Waals surface area contributed by atoms with Crippen LogP contribution in [-0.4, -0.2) is 29.3 Å². The summed E-state index contributed by atoms with van der Waals surface area (Å²) in [6.45, 7) is 3.26. The van der Waals surface area contributed by atoms with E-state index in [9.17, 15) is 18.3 Å². The van der Waals surface area contributed by atoms with Gasteiger partial charge < -0.3 is 5.11 Å². The topological polar surface area (TPSA) is 101 Å². The number of aromatic nitrogens is 2. The van der Waals surface area contributed by atoms with Crippen LogP contribution in [0, 0.1) is 13.8 Å². The van der Waals surface area contributed by atoms with Crippen molar-refractivity contribution in [2.45, 2.75) is 18.7 Å². The first-order valence-corrected chi connectivity index (χ1v) is 10.1. The zero-order valence-electron chi connectivity index (χ0n) is 14.5. The number of benzene rings is 2. The molecule has 0 saturated heterocycles. The second-order valence-electron chi connectivity index (χ2n) is 5.96. The van der Waals surface area contributed by atoms with E-state index in [1.165, 1.54) is 10.7 Å². The first-order valence-electron chi connectivity index (χ1n) is 7.86. The van der Waals surface area contributed by atoms with Crippen molar-refractivity contribution in [2.24, 2.45) is 0 Å². The number of aromatic carboxylic acids is 1. The van der Waals surface area contributed by atoms with Gasteiger partial charge in [-0.05, 0) is 59.1 Å². The molecule has 3 aromatic rings. The minimum Gasteiger partial charge on any atom is -0.478 e. The van der Waals surface area contributed by atoms with Crippen molar-refractivity contribution in [1.82, 2.24) is 9.78 Å². The SMILES string of the molecule is Cc1cc(C)c(S(=O)(=O)Nc2ccccc2-n2cc(Br)cn2)cc1C(=O)O. The molecule has 0 spiro atoms. The predicted octanol–water partition coefficient (Wildman–Crippen LogP) is 3.75. The van der Waals surface area contributed by atoms with Gasteiger partial charge in [0, 0.05) is 6.20 Å². The van der Waals surface area contributed by atoms with Crippen molar-refractivity contribution in [3.05, 3.63) is 70.0 Å². The van der Waals surface area contributed by atoms with Crippen LogP contribution in [0.15, 0.2) is 58.2 Å². The predicted molar refractivity (Wildman–Crippen MR) is 105 cm³/mol. The first-order chi connectivity index (χ1) is 12.7. The number of para-hydroxylation sites is 2. The maximum absolute atomic E-state index is 13.0. The lowest BCUT2D eigenvalue weighted by atomic mass is 10.1. The van der Waals surface area contributed by atoms with Crippen molar-refractivity contribution in [3.63, 3.8) is 0 Å². The quantitative estimate of drug-likeness (QED) is 0.617. The highest BCUT2D eigenvalue weighted by atomic mass is 79.9. The summed E-state index contributed by atoms with van der Waals surface area (Å²) in [5.74, 6) is -1.18. The van der Waals surface area contributed by atoms with Crippen LogP contribution in [0.5, 0.6) is 0 Å². The Hall–Kier alpha value is -2.65. The Morgan fingerprint density at radius 1 is 1.19 bits per heavy atom. The summed E-state index contributed by atoms with van der Waals surface area (Å²) in [5, 5.41) is 13.5. The molecule has 0 atom stereocenters. The molecule has 27 heavy (non-hydrogen) atoms. The second-order valence-corrected chi connectivity index (χ2v) is 8.53. The molecule has 140 valence electrons. The largest absolute Gasteiger partial charge is 0.478 e. The van der Waals surface area contributed by atoms with Gasteiger partial charge in [0.15, 0.2) is 0 Å². The molecule has 1 aromatic heterocycles. The molecular weight excluding hydrogens is 434 g/mol. The molecule has 0 aliphatic heterocycles. The fraction of sp³-hybridized carbons (Fsp3) is 0.111. The maximum Gasteiger partial charge on any atom is 0.335 e. The van der Waals surface area contributed by atoms with Crippen LogP contribution in [-0.2, 0) is 10.0 Å². The Kier molecular flexibility index (Phi) is 5.07. The molecule has 0 bridgehead atoms. The zero-order valence-corrected chi connectivity index (χ0v) is 16.9. The zero-order chi connectivity index (χ0) is 19.8. The van der Waals surface area contributed by atoms with Crippen molar-refractivity contribution < 1.29 is 18.3 Å². The number of rotatable bonds is 5. The number of nitrogens with one attached hydrogen (secondary N) is 1. The molecule has 0 saturated carbocycles. The minimum atomic E-state index is -4.01. The Morgan fingerprint density at radius 2 is 1.89 bits per heavy atom. The molecule has 0 radical (unpaired) electrons. The van der Waals surface area contributed by atoms with E-state index in [1.807, 2.05) is 0 Å². The third-order valence-corrected chi connectivity index (χ3v) is 5.91. The Bertz CT molecular complexity index is 1140. The minimum absolute atomic E-state index is 0.0507. The average Bonchev–Trinajstić information content (AvgIpc) is 3.00. The van der Waals surface area contributed by atoms with Crippen molar-refractivity contribution in [2.75, 3.05) is 4.72 Å². The van der Waals surface area contributed by atoms with Gasteiger partial charge in [0.1, 0.15) is 0 Å². The van der Waals surface area contributed by atoms with Gasteiger partial charge in [-0.15, -0.1) is 0 Å². The number of hydrogen-bond acceptors (Lipinski definition) is 4. The van der Waals surface area contributed by atoms with Gasteiger partial charge in [-0.3, -0.25) is 4.72 Å². The van der Waals surface area contributed by atoms with Crippen LogP contribution in [0.2, 0.25) is 0 Å². The summed E-state index contributed by atoms with van der Waals surface area (Å²) >= 11 is 3.31. The van der Waals surface area contributed by atoms with E-state index in [1.54, 1.807) is 56.6 Å². The molecule has 0 fully saturated rings. The fourth-order valence-electron chi connectivity index (χ4n) is 2.74. The van der Waals surface area contributed by atoms with E-state index in [2.05, 4.69) is 25.8 Å². The molecule has 9 heteroatoms. The second kappa shape index (κ2) is 7.16. The highest BCUT2D eigenvalue weighted by Crippen LogP contribution is 2.27. The lowest BCUT2D eigenvalue weighted by Crippen LogP contribution is -2.17. The standard InChI is InChI=1S/C18H16BrN3O4S/c1-11-7-12(2)17(8-14(11)18(23)24)27(25,26)21-15-5-3-4-6-16(15)22-10-13(19)9-20-22/h3-10,21H,1-2H3,(H,23,24). The van der Waals surface area contributed by atoms with Crippen LogP contribution >= 0.6 is 15.9 Å². The number of carbonyl (C=O) groups is 1. The van der Waals surface area contributed by atoms with Crippen molar-refractivity contribution >= 4 is 37.6 Å². The number of sulfonamides is 1. The summed E-state index contributed by atoms with van der Waals surface area (Å²) < 4.78 is 30.7. The molecule has 0 amide bonds. The number of carboxylic acid groups (broad SMARTS) is 1. The van der Waals surface area contributed by atoms with Gasteiger partial charge in [0.05, 0.1) is 32.5 Å². The Labute approximate surface area is 164 Å². The summed E-state index contributed by atoms with van der Waals surface area (Å²) in [7, 11) is -4.01. The fourth-order valence-corrected chi connectivity index (χ4v) is 4.36. The van der Waals surface area contributed by atoms with E-state index >= 15 is 0 Å². The normalized spacial score (nSPS) is 11.4. The number of nitrogens with zero attached hydrogens (tertiary/aromatic N) is 2. The van der Waals surface area contributed by atoms with E-state index in [0.29, 0.717) is 22.5 Å². The lowest BCUT2D eigenvalue weighted by Gasteiger charge is -2.15. The molecule has 2 aromatic carbocycles. The van der Waals surface area contributed by atoms with Crippen LogP contribution in [0.3, 0.4) is 0 Å². The lowest BCUT2D eigenvalue weighted by molar-refractivity contribution is 0.0696. The Morgan fingerprint density at radius 3 is 2.52 bits per heavy atom. The van der Waals surface area contributed by atoms with Crippen molar-refractivity contribution in [3.8, 4) is 5.69 Å². The van der Waals surface area contributed by atoms with Crippen LogP contribution < -0.4 is 4.72 Å². The summed E-state index contributed by atoms with van der Waals surface area (Å²) in [4.78, 5) is 11.3. The van der Waals surface area contributed by atoms with Crippen LogP contribution in [0.1, 0.15) is 21.5 Å². The van der Waals surface area contributed by atoms with E-state index in [0.717, 1.165) is 4.47 Å². The van der Waals surface area contributed by atoms with Gasteiger partial charge in [0.2, 0.25) is 0 Å². The molecule has 7 nitrogen and oxygen atoms in total. The third-order valence-electron chi connectivity index (χ3n) is 3.99. The molecule has 1 heterocycles. The summed E-state index contributed by atoms with van der Waals surface area (Å²) in [6.07, 6.45) is 3.29. The van der Waals surface area contributed by atoms with Crippen LogP contribution in [0.25, 0.3) is 5.69 Å². The number of carboxylic acids is 1. The molecule has 0 aliphatic carbocycles. The molecule has 3 rings (SSSR count). The number of hydrogen-bond donors (Lipinski definition) is 2. The summed E-state index contributed by atoms with van der Waals surface area (Å²) in [5.41, 5.74) is 1.77. The van der Waals surface area contributed by atoms with E-state index in [-0.39, 0.29) is 10.5 Å². The molecule has 0 unspecified atom stereocenters. The molecule has 2 N–H and O–H groups in total. The maximum atomic E-state index is 13.0.